The number of ketones is 1. The maximum atomic E-state index is 13.7. The van der Waals surface area contributed by atoms with E-state index in [0.717, 1.165) is 0 Å². The SMILES string of the molecule is COc1ccc2c(c1)C(=O)C1CC(F)CC1C(S(=O)(=O)O)N2.[Na]. The van der Waals surface area contributed by atoms with E-state index in [1.54, 1.807) is 6.07 Å². The van der Waals surface area contributed by atoms with Crippen LogP contribution in [0.1, 0.15) is 23.2 Å². The molecule has 2 aliphatic rings. The number of ether oxygens (including phenoxy) is 1. The summed E-state index contributed by atoms with van der Waals surface area (Å²) in [5, 5.41) is 1.30. The van der Waals surface area contributed by atoms with Crippen LogP contribution in [0.4, 0.5) is 10.1 Å². The number of nitrogens with one attached hydrogen (secondary N) is 1. The number of carbonyl (C=O) groups excluding carboxylic acids is 1. The van der Waals surface area contributed by atoms with Crippen LogP contribution in [-0.2, 0) is 10.1 Å². The molecule has 0 saturated heterocycles. The molecule has 0 spiro atoms. The average molecular weight is 352 g/mol. The number of alkyl halides is 1. The number of hydrogen-bond acceptors (Lipinski definition) is 5. The van der Waals surface area contributed by atoms with Crippen LogP contribution in [0.15, 0.2) is 18.2 Å². The van der Waals surface area contributed by atoms with Gasteiger partial charge in [-0.1, -0.05) is 0 Å². The van der Waals surface area contributed by atoms with Gasteiger partial charge in [0.25, 0.3) is 10.1 Å². The third kappa shape index (κ3) is 3.41. The van der Waals surface area contributed by atoms with Gasteiger partial charge in [0, 0.05) is 52.6 Å². The van der Waals surface area contributed by atoms with Gasteiger partial charge in [-0.2, -0.15) is 8.42 Å². The number of benzene rings is 1. The maximum Gasteiger partial charge on any atom is 0.286 e. The first kappa shape index (κ1) is 18.7. The van der Waals surface area contributed by atoms with Crippen LogP contribution in [0.25, 0.3) is 0 Å². The van der Waals surface area contributed by atoms with Crippen LogP contribution in [0.5, 0.6) is 5.75 Å². The number of Topliss-reactive ketones (excluding diaryl/α,β-unsaturated/α-hetero) is 1. The van der Waals surface area contributed by atoms with Gasteiger partial charge in [0.15, 0.2) is 11.2 Å². The normalized spacial score (nSPS) is 29.6. The van der Waals surface area contributed by atoms with Gasteiger partial charge in [-0.15, -0.1) is 0 Å². The van der Waals surface area contributed by atoms with Crippen molar-refractivity contribution < 1.29 is 26.9 Å². The molecular formula is C14H16FNNaO5S. The fraction of sp³-hybridized carbons (Fsp3) is 0.500. The molecule has 1 aromatic carbocycles. The van der Waals surface area contributed by atoms with Crippen LogP contribution in [0.2, 0.25) is 0 Å². The average Bonchev–Trinajstić information content (AvgIpc) is 2.79. The van der Waals surface area contributed by atoms with Gasteiger partial charge >= 0.3 is 0 Å². The van der Waals surface area contributed by atoms with Gasteiger partial charge in [0.05, 0.1) is 7.11 Å². The molecule has 1 aliphatic carbocycles. The number of carbonyl (C=O) groups is 1. The van der Waals surface area contributed by atoms with Crippen LogP contribution in [0, 0.1) is 11.8 Å². The Bertz CT molecular complexity index is 726. The fourth-order valence-corrected chi connectivity index (χ4v) is 4.40. The van der Waals surface area contributed by atoms with Crippen LogP contribution < -0.4 is 10.1 Å². The molecule has 0 aromatic heterocycles. The molecule has 4 unspecified atom stereocenters. The zero-order valence-corrected chi connectivity index (χ0v) is 15.6. The third-order valence-corrected chi connectivity index (χ3v) is 5.50. The molecule has 1 saturated carbocycles. The van der Waals surface area contributed by atoms with Crippen LogP contribution in [-0.4, -0.2) is 67.0 Å². The minimum absolute atomic E-state index is 0. The Morgan fingerprint density at radius 3 is 2.65 bits per heavy atom. The van der Waals surface area contributed by atoms with E-state index in [-0.39, 0.29) is 53.7 Å². The summed E-state index contributed by atoms with van der Waals surface area (Å²) in [6.45, 7) is 0. The number of fused-ring (bicyclic) bond motifs is 2. The van der Waals surface area contributed by atoms with Crippen molar-refractivity contribution in [1.82, 2.24) is 0 Å². The Morgan fingerprint density at radius 1 is 1.35 bits per heavy atom. The third-order valence-electron chi connectivity index (χ3n) is 4.39. The zero-order chi connectivity index (χ0) is 16.1. The van der Waals surface area contributed by atoms with E-state index >= 15 is 0 Å². The first-order valence-electron chi connectivity index (χ1n) is 6.90. The van der Waals surface area contributed by atoms with E-state index in [1.807, 2.05) is 0 Å². The molecule has 3 rings (SSSR count). The van der Waals surface area contributed by atoms with Crippen molar-refractivity contribution >= 4 is 51.1 Å². The Kier molecular flexibility index (Phi) is 5.42. The summed E-state index contributed by atoms with van der Waals surface area (Å²) in [5.74, 6) is -1.44. The van der Waals surface area contributed by atoms with Gasteiger partial charge in [0.1, 0.15) is 11.9 Å². The molecular weight excluding hydrogens is 336 g/mol. The van der Waals surface area contributed by atoms with Crippen molar-refractivity contribution in [1.29, 1.82) is 0 Å². The summed E-state index contributed by atoms with van der Waals surface area (Å²) in [6, 6.07) is 4.61. The standard InChI is InChI=1S/C14H16FNO5S.Na/c1-21-8-2-3-12-11(6-8)13(17)9-4-7(15)5-10(9)14(16-12)22(18,19)20;/h2-3,6-7,9-10,14,16H,4-5H2,1H3,(H,18,19,20);. The summed E-state index contributed by atoms with van der Waals surface area (Å²) in [5.41, 5.74) is 0.563. The van der Waals surface area contributed by atoms with Crippen molar-refractivity contribution in [3.05, 3.63) is 23.8 Å². The van der Waals surface area contributed by atoms with Crippen molar-refractivity contribution in [3.63, 3.8) is 0 Å². The minimum atomic E-state index is -4.47. The van der Waals surface area contributed by atoms with Gasteiger partial charge in [0.2, 0.25) is 0 Å². The minimum Gasteiger partial charge on any atom is -0.497 e. The summed E-state index contributed by atoms with van der Waals surface area (Å²) in [4.78, 5) is 12.7. The summed E-state index contributed by atoms with van der Waals surface area (Å²) < 4.78 is 51.6. The van der Waals surface area contributed by atoms with Crippen LogP contribution in [0.3, 0.4) is 0 Å². The van der Waals surface area contributed by atoms with Gasteiger partial charge in [-0.25, -0.2) is 4.39 Å². The molecule has 23 heavy (non-hydrogen) atoms. The second-order valence-corrected chi connectivity index (χ2v) is 7.23. The van der Waals surface area contributed by atoms with Crippen LogP contribution >= 0.6 is 0 Å². The molecule has 6 nitrogen and oxygen atoms in total. The smallest absolute Gasteiger partial charge is 0.286 e. The molecule has 0 amide bonds. The number of halogens is 1. The summed E-state index contributed by atoms with van der Waals surface area (Å²) >= 11 is 0. The Labute approximate surface area is 155 Å². The van der Waals surface area contributed by atoms with E-state index in [1.165, 1.54) is 19.2 Å². The van der Waals surface area contributed by atoms with E-state index in [2.05, 4.69) is 5.32 Å². The number of hydrogen-bond donors (Lipinski definition) is 2. The zero-order valence-electron chi connectivity index (χ0n) is 12.8. The molecule has 4 atom stereocenters. The van der Waals surface area contributed by atoms with E-state index in [4.69, 9.17) is 4.74 Å². The predicted octanol–water partition coefficient (Wildman–Crippen LogP) is 1.50. The molecule has 1 heterocycles. The monoisotopic (exact) mass is 352 g/mol. The summed E-state index contributed by atoms with van der Waals surface area (Å²) in [7, 11) is -3.02. The first-order chi connectivity index (χ1) is 10.3. The molecule has 121 valence electrons. The Hall–Kier alpha value is -0.670. The molecule has 1 aromatic rings. The molecule has 1 fully saturated rings. The second kappa shape index (κ2) is 6.68. The molecule has 0 bridgehead atoms. The van der Waals surface area contributed by atoms with Gasteiger partial charge in [-0.05, 0) is 31.0 Å². The van der Waals surface area contributed by atoms with Crippen molar-refractivity contribution in [2.24, 2.45) is 11.8 Å². The predicted molar refractivity (Wildman–Crippen MR) is 83.1 cm³/mol. The van der Waals surface area contributed by atoms with Crippen molar-refractivity contribution in [2.75, 3.05) is 12.4 Å². The topological polar surface area (TPSA) is 92.7 Å². The molecule has 9 heteroatoms. The Morgan fingerprint density at radius 2 is 2.04 bits per heavy atom. The fourth-order valence-electron chi connectivity index (χ4n) is 3.38. The van der Waals surface area contributed by atoms with Gasteiger partial charge < -0.3 is 10.1 Å². The van der Waals surface area contributed by atoms with E-state index < -0.39 is 33.5 Å². The molecule has 1 aliphatic heterocycles. The first-order valence-corrected chi connectivity index (χ1v) is 8.40. The molecule has 1 radical (unpaired) electrons. The summed E-state index contributed by atoms with van der Waals surface area (Å²) in [6.07, 6.45) is -1.36. The van der Waals surface area contributed by atoms with Gasteiger partial charge in [-0.3, -0.25) is 9.35 Å². The van der Waals surface area contributed by atoms with E-state index in [0.29, 0.717) is 11.4 Å². The number of rotatable bonds is 2. The Balaban J connectivity index is 0.00000192. The number of anilines is 1. The van der Waals surface area contributed by atoms with Crippen molar-refractivity contribution in [2.45, 2.75) is 24.4 Å². The van der Waals surface area contributed by atoms with E-state index in [9.17, 15) is 22.2 Å². The quantitative estimate of drug-likeness (QED) is 0.619. The number of methoxy groups -OCH3 is 1. The maximum absolute atomic E-state index is 13.7. The largest absolute Gasteiger partial charge is 0.497 e. The molecule has 2 N–H and O–H groups in total. The second-order valence-electron chi connectivity index (χ2n) is 5.69. The van der Waals surface area contributed by atoms with Crippen molar-refractivity contribution in [3.8, 4) is 5.75 Å².